The number of likely N-dealkylation sites (tertiary alicyclic amines) is 1. The molecule has 4 rings (SSSR count). The molecule has 3 heterocycles. The van der Waals surface area contributed by atoms with Crippen molar-refractivity contribution >= 4 is 22.9 Å². The molecule has 2 N–H and O–H groups in total. The number of amides is 1. The summed E-state index contributed by atoms with van der Waals surface area (Å²) in [6, 6.07) is 3.85. The van der Waals surface area contributed by atoms with Gasteiger partial charge in [-0.2, -0.15) is 0 Å². The number of nitrogens with zero attached hydrogens (tertiary/aromatic N) is 4. The smallest absolute Gasteiger partial charge is 0.245 e. The molecule has 0 aliphatic carbocycles. The molecular weight excluding hydrogens is 401 g/mol. The van der Waals surface area contributed by atoms with E-state index < -0.39 is 29.0 Å². The van der Waals surface area contributed by atoms with Crippen LogP contribution < -0.4 is 9.62 Å². The fourth-order valence-corrected chi connectivity index (χ4v) is 4.16. The number of imidazole rings is 1. The molecule has 2 aliphatic rings. The lowest BCUT2D eigenvalue weighted by Crippen LogP contribution is -2.51. The van der Waals surface area contributed by atoms with Crippen LogP contribution in [-0.2, 0) is 27.3 Å². The standard InChI is InChI=1S/C18H22FN5O4S/c1-28-13-9-22(10-13)11-17-20-5-7-23(17)12-2-3-16(14(19)8-12)24-6-4-15(18(24)25)21-29(26)27/h2-3,5,7-8,13,15,21H,4,6,9-11H2,1H3,(H,26,27). The zero-order chi connectivity index (χ0) is 20.5. The predicted octanol–water partition coefficient (Wildman–Crippen LogP) is 0.674. The maximum atomic E-state index is 14.8. The molecule has 1 amide bonds. The first kappa shape index (κ1) is 20.1. The second-order valence-corrected chi connectivity index (χ2v) is 7.83. The van der Waals surface area contributed by atoms with Crippen molar-refractivity contribution in [3.63, 3.8) is 0 Å². The third-order valence-corrected chi connectivity index (χ3v) is 5.77. The Balaban J connectivity index is 1.50. The third-order valence-electron chi connectivity index (χ3n) is 5.29. The van der Waals surface area contributed by atoms with E-state index in [1.807, 2.05) is 4.57 Å². The molecule has 0 bridgehead atoms. The lowest BCUT2D eigenvalue weighted by Gasteiger charge is -2.37. The van der Waals surface area contributed by atoms with Crippen molar-refractivity contribution < 1.29 is 22.7 Å². The summed E-state index contributed by atoms with van der Waals surface area (Å²) in [6.45, 7) is 2.57. The number of carbonyl (C=O) groups is 1. The molecule has 0 saturated carbocycles. The number of rotatable bonds is 7. The van der Waals surface area contributed by atoms with Crippen molar-refractivity contribution in [1.82, 2.24) is 19.2 Å². The summed E-state index contributed by atoms with van der Waals surface area (Å²) >= 11 is -2.30. The van der Waals surface area contributed by atoms with E-state index in [1.54, 1.807) is 31.6 Å². The average Bonchev–Trinajstić information content (AvgIpc) is 3.25. The highest BCUT2D eigenvalue weighted by Crippen LogP contribution is 2.27. The van der Waals surface area contributed by atoms with Crippen molar-refractivity contribution in [2.45, 2.75) is 25.1 Å². The molecule has 1 aromatic carbocycles. The lowest BCUT2D eigenvalue weighted by molar-refractivity contribution is -0.118. The zero-order valence-electron chi connectivity index (χ0n) is 15.8. The van der Waals surface area contributed by atoms with Crippen LogP contribution in [0.5, 0.6) is 0 Å². The van der Waals surface area contributed by atoms with Crippen LogP contribution in [0.15, 0.2) is 30.6 Å². The van der Waals surface area contributed by atoms with Crippen LogP contribution in [0, 0.1) is 5.82 Å². The van der Waals surface area contributed by atoms with E-state index in [0.717, 1.165) is 18.9 Å². The van der Waals surface area contributed by atoms with Gasteiger partial charge in [-0.15, -0.1) is 0 Å². The number of halogens is 1. The van der Waals surface area contributed by atoms with Crippen LogP contribution in [-0.4, -0.2) is 68.0 Å². The van der Waals surface area contributed by atoms with Crippen molar-refractivity contribution in [3.05, 3.63) is 42.2 Å². The first-order chi connectivity index (χ1) is 14.0. The van der Waals surface area contributed by atoms with Gasteiger partial charge < -0.3 is 14.2 Å². The molecule has 0 spiro atoms. The van der Waals surface area contributed by atoms with E-state index in [9.17, 15) is 13.4 Å². The Bertz CT molecular complexity index is 933. The lowest BCUT2D eigenvalue weighted by atomic mass is 10.1. The molecule has 1 aromatic heterocycles. The van der Waals surface area contributed by atoms with E-state index in [-0.39, 0.29) is 18.3 Å². The van der Waals surface area contributed by atoms with Gasteiger partial charge in [0.25, 0.3) is 0 Å². The number of nitrogens with one attached hydrogen (secondary N) is 1. The van der Waals surface area contributed by atoms with Crippen LogP contribution in [0.1, 0.15) is 12.2 Å². The zero-order valence-corrected chi connectivity index (χ0v) is 16.6. The maximum absolute atomic E-state index is 14.8. The molecule has 11 heteroatoms. The normalized spacial score (nSPS) is 21.6. The van der Waals surface area contributed by atoms with E-state index in [2.05, 4.69) is 14.6 Å². The molecule has 2 fully saturated rings. The molecule has 156 valence electrons. The highest BCUT2D eigenvalue weighted by atomic mass is 32.2. The Hall–Kier alpha value is -2.18. The number of ether oxygens (including phenoxy) is 1. The van der Waals surface area contributed by atoms with Crippen LogP contribution in [0.25, 0.3) is 5.69 Å². The molecule has 0 radical (unpaired) electrons. The first-order valence-electron chi connectivity index (χ1n) is 9.22. The summed E-state index contributed by atoms with van der Waals surface area (Å²) in [4.78, 5) is 20.3. The van der Waals surface area contributed by atoms with Gasteiger partial charge >= 0.3 is 0 Å². The van der Waals surface area contributed by atoms with Gasteiger partial charge in [0.15, 0.2) is 0 Å². The van der Waals surface area contributed by atoms with Gasteiger partial charge in [0.1, 0.15) is 17.7 Å². The quantitative estimate of drug-likeness (QED) is 0.635. The van der Waals surface area contributed by atoms with Crippen LogP contribution in [0.4, 0.5) is 10.1 Å². The largest absolute Gasteiger partial charge is 0.379 e. The SMILES string of the molecule is COC1CN(Cc2nccn2-c2ccc(N3CCC(NS(=O)O)C3=O)c(F)c2)C1. The van der Waals surface area contributed by atoms with Crippen molar-refractivity contribution in [3.8, 4) is 5.69 Å². The monoisotopic (exact) mass is 423 g/mol. The summed E-state index contributed by atoms with van der Waals surface area (Å²) in [7, 11) is 1.69. The molecular formula is C18H22FN5O4S. The van der Waals surface area contributed by atoms with Gasteiger partial charge in [-0.25, -0.2) is 18.3 Å². The number of hydrogen-bond donors (Lipinski definition) is 2. The van der Waals surface area contributed by atoms with Crippen molar-refractivity contribution in [2.75, 3.05) is 31.6 Å². The molecule has 2 atom stereocenters. The Morgan fingerprint density at radius 1 is 1.41 bits per heavy atom. The Kier molecular flexibility index (Phi) is 5.74. The molecule has 9 nitrogen and oxygen atoms in total. The summed E-state index contributed by atoms with van der Waals surface area (Å²) < 4.78 is 44.0. The van der Waals surface area contributed by atoms with E-state index >= 15 is 0 Å². The molecule has 2 unspecified atom stereocenters. The third kappa shape index (κ3) is 4.09. The highest BCUT2D eigenvalue weighted by molar-refractivity contribution is 7.77. The summed E-state index contributed by atoms with van der Waals surface area (Å²) in [5, 5.41) is 0. The summed E-state index contributed by atoms with van der Waals surface area (Å²) in [6.07, 6.45) is 4.02. The van der Waals surface area contributed by atoms with Gasteiger partial charge in [0.05, 0.1) is 18.3 Å². The van der Waals surface area contributed by atoms with Crippen LogP contribution >= 0.6 is 0 Å². The summed E-state index contributed by atoms with van der Waals surface area (Å²) in [5.41, 5.74) is 0.763. The number of carbonyl (C=O) groups excluding carboxylic acids is 1. The minimum absolute atomic E-state index is 0.152. The van der Waals surface area contributed by atoms with E-state index in [1.165, 1.54) is 11.0 Å². The number of hydrogen-bond acceptors (Lipinski definition) is 5. The minimum atomic E-state index is -2.30. The van der Waals surface area contributed by atoms with Crippen LogP contribution in [0.2, 0.25) is 0 Å². The van der Waals surface area contributed by atoms with Gasteiger partial charge in [0, 0.05) is 50.9 Å². The van der Waals surface area contributed by atoms with Gasteiger partial charge in [-0.05, 0) is 18.6 Å². The Labute approximate surface area is 169 Å². The Morgan fingerprint density at radius 3 is 2.90 bits per heavy atom. The van der Waals surface area contributed by atoms with Crippen molar-refractivity contribution in [1.29, 1.82) is 0 Å². The van der Waals surface area contributed by atoms with Gasteiger partial charge in [0.2, 0.25) is 17.2 Å². The summed E-state index contributed by atoms with van der Waals surface area (Å²) in [5.74, 6) is -0.170. The number of benzene rings is 1. The second-order valence-electron chi connectivity index (χ2n) is 7.10. The Morgan fingerprint density at radius 2 is 2.21 bits per heavy atom. The van der Waals surface area contributed by atoms with Crippen LogP contribution in [0.3, 0.4) is 0 Å². The maximum Gasteiger partial charge on any atom is 0.245 e. The highest BCUT2D eigenvalue weighted by Gasteiger charge is 2.34. The molecule has 2 aromatic rings. The van der Waals surface area contributed by atoms with E-state index in [0.29, 0.717) is 18.7 Å². The van der Waals surface area contributed by atoms with Gasteiger partial charge in [-0.3, -0.25) is 14.2 Å². The fraction of sp³-hybridized carbons (Fsp3) is 0.444. The first-order valence-corrected chi connectivity index (χ1v) is 10.3. The molecule has 2 aliphatic heterocycles. The number of methoxy groups -OCH3 is 1. The van der Waals surface area contributed by atoms with Crippen molar-refractivity contribution in [2.24, 2.45) is 0 Å². The number of aromatic nitrogens is 2. The molecule has 2 saturated heterocycles. The molecule has 29 heavy (non-hydrogen) atoms. The topological polar surface area (TPSA) is 99.9 Å². The van der Waals surface area contributed by atoms with E-state index in [4.69, 9.17) is 9.29 Å². The minimum Gasteiger partial charge on any atom is -0.379 e. The number of anilines is 1. The second kappa shape index (κ2) is 8.28. The van der Waals surface area contributed by atoms with Gasteiger partial charge in [-0.1, -0.05) is 0 Å². The average molecular weight is 423 g/mol. The fourth-order valence-electron chi connectivity index (χ4n) is 3.70. The predicted molar refractivity (Wildman–Crippen MR) is 104 cm³/mol.